The summed E-state index contributed by atoms with van der Waals surface area (Å²) in [5.41, 5.74) is 1.28. The van der Waals surface area contributed by atoms with Gasteiger partial charge in [0.1, 0.15) is 5.75 Å². The van der Waals surface area contributed by atoms with Crippen LogP contribution in [0.15, 0.2) is 28.7 Å². The molecule has 6 heteroatoms. The van der Waals surface area contributed by atoms with Gasteiger partial charge in [-0.25, -0.2) is 0 Å². The van der Waals surface area contributed by atoms with Gasteiger partial charge in [0.25, 0.3) is 0 Å². The second-order valence-electron chi connectivity index (χ2n) is 6.57. The van der Waals surface area contributed by atoms with E-state index < -0.39 is 0 Å². The van der Waals surface area contributed by atoms with Crippen LogP contribution < -0.4 is 10.1 Å². The Hall–Kier alpha value is -2.37. The van der Waals surface area contributed by atoms with Crippen LogP contribution in [-0.2, 0) is 4.79 Å². The van der Waals surface area contributed by atoms with E-state index in [0.717, 1.165) is 30.9 Å². The molecular weight excluding hydrogens is 306 g/mol. The van der Waals surface area contributed by atoms with E-state index in [1.807, 2.05) is 12.1 Å². The van der Waals surface area contributed by atoms with Gasteiger partial charge in [0.05, 0.1) is 7.11 Å². The lowest BCUT2D eigenvalue weighted by Gasteiger charge is -2.06. The molecule has 4 rings (SSSR count). The smallest absolute Gasteiger partial charge is 0.220 e. The van der Waals surface area contributed by atoms with Gasteiger partial charge < -0.3 is 14.5 Å². The van der Waals surface area contributed by atoms with Crippen LogP contribution >= 0.6 is 0 Å². The first-order valence-corrected chi connectivity index (χ1v) is 8.48. The number of methoxy groups -OCH3 is 1. The van der Waals surface area contributed by atoms with Crippen LogP contribution in [0.25, 0.3) is 0 Å². The summed E-state index contributed by atoms with van der Waals surface area (Å²) in [5.74, 6) is 3.33. The zero-order valence-electron chi connectivity index (χ0n) is 13.7. The van der Waals surface area contributed by atoms with Crippen molar-refractivity contribution < 1.29 is 13.9 Å². The van der Waals surface area contributed by atoms with Gasteiger partial charge in [-0.2, -0.15) is 0 Å². The Morgan fingerprint density at radius 1 is 1.12 bits per heavy atom. The van der Waals surface area contributed by atoms with Gasteiger partial charge >= 0.3 is 0 Å². The molecule has 2 aromatic rings. The van der Waals surface area contributed by atoms with Gasteiger partial charge in [-0.05, 0) is 42.9 Å². The van der Waals surface area contributed by atoms with E-state index in [1.165, 1.54) is 5.56 Å². The highest BCUT2D eigenvalue weighted by molar-refractivity contribution is 5.76. The fourth-order valence-electron chi connectivity index (χ4n) is 3.42. The molecule has 3 atom stereocenters. The molecule has 1 aliphatic heterocycles. The number of nitrogens with one attached hydrogen (secondary N) is 1. The zero-order valence-corrected chi connectivity index (χ0v) is 13.7. The molecule has 1 unspecified atom stereocenters. The Morgan fingerprint density at radius 2 is 1.92 bits per heavy atom. The second kappa shape index (κ2) is 6.26. The number of nitrogens with zero attached hydrogens (tertiary/aromatic N) is 2. The third-order valence-corrected chi connectivity index (χ3v) is 4.99. The Balaban J connectivity index is 1.43. The van der Waals surface area contributed by atoms with E-state index in [-0.39, 0.29) is 11.8 Å². The minimum atomic E-state index is 0.110. The van der Waals surface area contributed by atoms with Gasteiger partial charge in [-0.15, -0.1) is 10.2 Å². The summed E-state index contributed by atoms with van der Waals surface area (Å²) in [7, 11) is 1.67. The monoisotopic (exact) mass is 327 g/mol. The van der Waals surface area contributed by atoms with Gasteiger partial charge in [-0.3, -0.25) is 4.79 Å². The number of rotatable bonds is 4. The highest BCUT2D eigenvalue weighted by Crippen LogP contribution is 2.54. The predicted molar refractivity (Wildman–Crippen MR) is 87.0 cm³/mol. The highest BCUT2D eigenvalue weighted by atomic mass is 16.5. The number of aromatic nitrogens is 2. The summed E-state index contributed by atoms with van der Waals surface area (Å²) < 4.78 is 11.1. The third kappa shape index (κ3) is 3.00. The number of benzene rings is 1. The number of hydrogen-bond acceptors (Lipinski definition) is 5. The maximum atomic E-state index is 11.4. The molecule has 6 nitrogen and oxygen atoms in total. The molecule has 2 fully saturated rings. The van der Waals surface area contributed by atoms with Crippen molar-refractivity contribution in [3.8, 4) is 5.75 Å². The number of carbonyl (C=O) groups excluding carboxylic acids is 1. The summed E-state index contributed by atoms with van der Waals surface area (Å²) in [4.78, 5) is 11.4. The van der Waals surface area contributed by atoms with Crippen molar-refractivity contribution in [3.05, 3.63) is 41.6 Å². The normalized spacial score (nSPS) is 26.5. The van der Waals surface area contributed by atoms with Crippen molar-refractivity contribution in [2.24, 2.45) is 0 Å². The molecule has 24 heavy (non-hydrogen) atoms. The van der Waals surface area contributed by atoms with E-state index in [2.05, 4.69) is 27.6 Å². The van der Waals surface area contributed by atoms with Crippen molar-refractivity contribution in [2.45, 2.75) is 43.4 Å². The zero-order chi connectivity index (χ0) is 16.5. The Labute approximate surface area is 140 Å². The van der Waals surface area contributed by atoms with Gasteiger partial charge in [-0.1, -0.05) is 12.1 Å². The molecule has 1 N–H and O–H groups in total. The van der Waals surface area contributed by atoms with Crippen molar-refractivity contribution in [1.82, 2.24) is 15.5 Å². The highest BCUT2D eigenvalue weighted by Gasteiger charge is 2.43. The topological polar surface area (TPSA) is 77.3 Å². The molecule has 1 aromatic carbocycles. The van der Waals surface area contributed by atoms with Crippen LogP contribution in [0.1, 0.15) is 60.8 Å². The average Bonchev–Trinajstić information content (AvgIpc) is 3.32. The van der Waals surface area contributed by atoms with E-state index in [1.54, 1.807) is 7.11 Å². The van der Waals surface area contributed by atoms with Crippen molar-refractivity contribution >= 4 is 5.91 Å². The Kier molecular flexibility index (Phi) is 3.96. The number of amides is 1. The molecule has 0 spiro atoms. The maximum Gasteiger partial charge on any atom is 0.220 e. The lowest BCUT2D eigenvalue weighted by Crippen LogP contribution is -2.21. The van der Waals surface area contributed by atoms with Crippen LogP contribution in [0.2, 0.25) is 0 Å². The number of hydrogen-bond donors (Lipinski definition) is 1. The first kappa shape index (κ1) is 15.2. The van der Waals surface area contributed by atoms with Crippen molar-refractivity contribution in [3.63, 3.8) is 0 Å². The third-order valence-electron chi connectivity index (χ3n) is 4.99. The van der Waals surface area contributed by atoms with E-state index in [4.69, 9.17) is 9.15 Å². The van der Waals surface area contributed by atoms with Gasteiger partial charge in [0.2, 0.25) is 17.7 Å². The second-order valence-corrected chi connectivity index (χ2v) is 6.57. The standard InChI is InChI=1S/C18H21N3O3/c1-23-13-5-2-11(3-6-13)14-10-15(14)18-21-20-17(24-18)12-4-7-16(22)19-9-8-12/h2-3,5-6,12,14-15H,4,7-10H2,1H3,(H,19,22)/t12?,14-,15+/m0/s1. The van der Waals surface area contributed by atoms with Crippen molar-refractivity contribution in [2.75, 3.05) is 13.7 Å². The van der Waals surface area contributed by atoms with Gasteiger partial charge in [0, 0.05) is 24.8 Å². The van der Waals surface area contributed by atoms with Crippen LogP contribution in [0.3, 0.4) is 0 Å². The fourth-order valence-corrected chi connectivity index (χ4v) is 3.42. The minimum absolute atomic E-state index is 0.110. The fraction of sp³-hybridized carbons (Fsp3) is 0.500. The lowest BCUT2D eigenvalue weighted by atomic mass is 10.0. The summed E-state index contributed by atoms with van der Waals surface area (Å²) in [6.07, 6.45) is 3.21. The molecule has 1 saturated carbocycles. The SMILES string of the molecule is COc1ccc([C@@H]2C[C@H]2c2nnc(C3CCNC(=O)CC3)o2)cc1. The van der Waals surface area contributed by atoms with Gasteiger partial charge in [0.15, 0.2) is 0 Å². The molecule has 0 bridgehead atoms. The predicted octanol–water partition coefficient (Wildman–Crippen LogP) is 2.73. The molecular formula is C18H21N3O3. The Morgan fingerprint density at radius 3 is 2.71 bits per heavy atom. The van der Waals surface area contributed by atoms with Crippen LogP contribution in [0.5, 0.6) is 5.75 Å². The van der Waals surface area contributed by atoms with Crippen LogP contribution in [0, 0.1) is 0 Å². The largest absolute Gasteiger partial charge is 0.497 e. The molecule has 2 aliphatic rings. The first-order chi connectivity index (χ1) is 11.7. The molecule has 126 valence electrons. The molecule has 1 amide bonds. The molecule has 1 saturated heterocycles. The van der Waals surface area contributed by atoms with E-state index in [9.17, 15) is 4.79 Å². The first-order valence-electron chi connectivity index (χ1n) is 8.48. The molecule has 1 aliphatic carbocycles. The summed E-state index contributed by atoms with van der Waals surface area (Å²) in [6.45, 7) is 0.680. The van der Waals surface area contributed by atoms with E-state index >= 15 is 0 Å². The molecule has 0 radical (unpaired) electrons. The summed E-state index contributed by atoms with van der Waals surface area (Å²) in [6, 6.07) is 8.17. The maximum absolute atomic E-state index is 11.4. The quantitative estimate of drug-likeness (QED) is 0.934. The van der Waals surface area contributed by atoms with E-state index in [0.29, 0.717) is 30.7 Å². The lowest BCUT2D eigenvalue weighted by molar-refractivity contribution is -0.120. The number of carbonyl (C=O) groups is 1. The number of ether oxygens (including phenoxy) is 1. The van der Waals surface area contributed by atoms with Crippen LogP contribution in [-0.4, -0.2) is 29.8 Å². The Bertz CT molecular complexity index is 725. The summed E-state index contributed by atoms with van der Waals surface area (Å²) >= 11 is 0. The molecule has 1 aromatic heterocycles. The minimum Gasteiger partial charge on any atom is -0.497 e. The average molecular weight is 327 g/mol. The van der Waals surface area contributed by atoms with Crippen molar-refractivity contribution in [1.29, 1.82) is 0 Å². The summed E-state index contributed by atoms with van der Waals surface area (Å²) in [5, 5.41) is 11.4. The van der Waals surface area contributed by atoms with Crippen LogP contribution in [0.4, 0.5) is 0 Å². The molecule has 2 heterocycles.